The fraction of sp³-hybridized carbons (Fsp3) is 0.286. The first kappa shape index (κ1) is 13.1. The number of phenols is 1. The molecule has 2 N–H and O–H groups in total. The molecule has 2 aromatic rings. The van der Waals surface area contributed by atoms with Gasteiger partial charge in [-0.2, -0.15) is 5.10 Å². The number of carbonyl (C=O) groups is 1. The Balaban J connectivity index is 2.43. The minimum atomic E-state index is -0.123. The van der Waals surface area contributed by atoms with E-state index in [9.17, 15) is 9.90 Å². The number of carbonyl (C=O) groups excluding carboxylic acids is 1. The van der Waals surface area contributed by atoms with E-state index in [1.807, 2.05) is 20.8 Å². The number of aromatic hydroxyl groups is 1. The van der Waals surface area contributed by atoms with Crippen molar-refractivity contribution in [2.45, 2.75) is 20.8 Å². The number of aryl methyl sites for hydroxylation is 2. The van der Waals surface area contributed by atoms with Crippen molar-refractivity contribution in [1.29, 1.82) is 0 Å². The summed E-state index contributed by atoms with van der Waals surface area (Å²) in [5, 5.41) is 16.2. The molecule has 1 aromatic carbocycles. The van der Waals surface area contributed by atoms with Crippen LogP contribution < -0.4 is 4.90 Å². The second-order valence-electron chi connectivity index (χ2n) is 4.43. The molecule has 0 aliphatic carbocycles. The lowest BCUT2D eigenvalue weighted by Crippen LogP contribution is -2.31. The minimum Gasteiger partial charge on any atom is -0.508 e. The average molecular weight is 259 g/mol. The Kier molecular flexibility index (Phi) is 3.55. The van der Waals surface area contributed by atoms with E-state index in [2.05, 4.69) is 10.2 Å². The first-order valence-corrected chi connectivity index (χ1v) is 6.16. The molecule has 0 spiro atoms. The van der Waals surface area contributed by atoms with Crippen LogP contribution in [0.25, 0.3) is 0 Å². The van der Waals surface area contributed by atoms with Gasteiger partial charge in [-0.1, -0.05) is 6.07 Å². The zero-order valence-electron chi connectivity index (χ0n) is 11.3. The quantitative estimate of drug-likeness (QED) is 0.889. The second-order valence-corrected chi connectivity index (χ2v) is 4.43. The Morgan fingerprint density at radius 3 is 2.74 bits per heavy atom. The Bertz CT molecular complexity index is 604. The third-order valence-electron chi connectivity index (χ3n) is 3.11. The molecule has 0 saturated heterocycles. The Morgan fingerprint density at radius 2 is 2.16 bits per heavy atom. The number of benzene rings is 1. The van der Waals surface area contributed by atoms with E-state index in [4.69, 9.17) is 0 Å². The van der Waals surface area contributed by atoms with E-state index >= 15 is 0 Å². The molecule has 0 fully saturated rings. The topological polar surface area (TPSA) is 69.2 Å². The molecular formula is C14H17N3O2. The fourth-order valence-corrected chi connectivity index (χ4v) is 2.02. The normalized spacial score (nSPS) is 10.5. The number of aromatic amines is 1. The van der Waals surface area contributed by atoms with Crippen LogP contribution in [0.15, 0.2) is 24.4 Å². The molecule has 0 radical (unpaired) electrons. The predicted octanol–water partition coefficient (Wildman–Crippen LogP) is 2.40. The first-order chi connectivity index (χ1) is 9.04. The molecule has 1 heterocycles. The number of nitrogens with zero attached hydrogens (tertiary/aromatic N) is 2. The molecule has 0 bridgehead atoms. The molecule has 1 amide bonds. The van der Waals surface area contributed by atoms with Crippen molar-refractivity contribution in [3.63, 3.8) is 0 Å². The van der Waals surface area contributed by atoms with Crippen LogP contribution in [0.4, 0.5) is 5.69 Å². The number of amides is 1. The Morgan fingerprint density at radius 1 is 1.42 bits per heavy atom. The standard InChI is InChI=1S/C14H17N3O2/c1-4-17(13-7-11(18)6-5-9(13)2)14(19)12-8-15-16-10(12)3/h5-8,18H,4H2,1-3H3,(H,15,16). The highest BCUT2D eigenvalue weighted by Crippen LogP contribution is 2.26. The summed E-state index contributed by atoms with van der Waals surface area (Å²) in [6, 6.07) is 5.01. The van der Waals surface area contributed by atoms with Gasteiger partial charge in [0.25, 0.3) is 5.91 Å². The zero-order chi connectivity index (χ0) is 14.0. The lowest BCUT2D eigenvalue weighted by Gasteiger charge is -2.23. The number of aromatic nitrogens is 2. The third-order valence-corrected chi connectivity index (χ3v) is 3.11. The van der Waals surface area contributed by atoms with Crippen molar-refractivity contribution in [2.75, 3.05) is 11.4 Å². The van der Waals surface area contributed by atoms with Gasteiger partial charge in [0.15, 0.2) is 0 Å². The van der Waals surface area contributed by atoms with Gasteiger partial charge in [-0.3, -0.25) is 9.89 Å². The van der Waals surface area contributed by atoms with Gasteiger partial charge in [0.05, 0.1) is 17.4 Å². The van der Waals surface area contributed by atoms with Crippen LogP contribution in [0.3, 0.4) is 0 Å². The van der Waals surface area contributed by atoms with Crippen LogP contribution in [0.5, 0.6) is 5.75 Å². The number of hydrogen-bond donors (Lipinski definition) is 2. The lowest BCUT2D eigenvalue weighted by molar-refractivity contribution is 0.0987. The van der Waals surface area contributed by atoms with Crippen LogP contribution in [-0.2, 0) is 0 Å². The van der Waals surface area contributed by atoms with E-state index in [0.717, 1.165) is 11.3 Å². The smallest absolute Gasteiger partial charge is 0.261 e. The van der Waals surface area contributed by atoms with E-state index in [-0.39, 0.29) is 11.7 Å². The summed E-state index contributed by atoms with van der Waals surface area (Å²) >= 11 is 0. The minimum absolute atomic E-state index is 0.123. The summed E-state index contributed by atoms with van der Waals surface area (Å²) in [5.74, 6) is 0.0261. The van der Waals surface area contributed by atoms with Gasteiger partial charge >= 0.3 is 0 Å². The van der Waals surface area contributed by atoms with E-state index in [1.165, 1.54) is 6.20 Å². The van der Waals surface area contributed by atoms with E-state index in [1.54, 1.807) is 23.1 Å². The predicted molar refractivity (Wildman–Crippen MR) is 73.5 cm³/mol. The van der Waals surface area contributed by atoms with Crippen molar-refractivity contribution < 1.29 is 9.90 Å². The summed E-state index contributed by atoms with van der Waals surface area (Å²) in [7, 11) is 0. The number of rotatable bonds is 3. The molecule has 19 heavy (non-hydrogen) atoms. The maximum Gasteiger partial charge on any atom is 0.261 e. The van der Waals surface area contributed by atoms with Gasteiger partial charge in [0.2, 0.25) is 0 Å². The average Bonchev–Trinajstić information content (AvgIpc) is 2.80. The third kappa shape index (κ3) is 2.45. The summed E-state index contributed by atoms with van der Waals surface area (Å²) in [5.41, 5.74) is 2.94. The fourth-order valence-electron chi connectivity index (χ4n) is 2.02. The van der Waals surface area contributed by atoms with Crippen LogP contribution in [-0.4, -0.2) is 27.8 Å². The zero-order valence-corrected chi connectivity index (χ0v) is 11.3. The number of hydrogen-bond acceptors (Lipinski definition) is 3. The molecule has 0 unspecified atom stereocenters. The van der Waals surface area contributed by atoms with Crippen molar-refractivity contribution >= 4 is 11.6 Å². The van der Waals surface area contributed by atoms with Gasteiger partial charge in [0, 0.05) is 18.3 Å². The second kappa shape index (κ2) is 5.14. The molecule has 0 aliphatic rings. The van der Waals surface area contributed by atoms with Crippen LogP contribution in [0.1, 0.15) is 28.5 Å². The molecule has 2 rings (SSSR count). The van der Waals surface area contributed by atoms with Crippen molar-refractivity contribution in [1.82, 2.24) is 10.2 Å². The van der Waals surface area contributed by atoms with Gasteiger partial charge < -0.3 is 10.0 Å². The molecule has 0 aliphatic heterocycles. The maximum absolute atomic E-state index is 12.5. The van der Waals surface area contributed by atoms with Crippen LogP contribution in [0.2, 0.25) is 0 Å². The number of anilines is 1. The largest absolute Gasteiger partial charge is 0.508 e. The summed E-state index contributed by atoms with van der Waals surface area (Å²) in [6.07, 6.45) is 1.53. The Hall–Kier alpha value is -2.30. The molecular weight excluding hydrogens is 242 g/mol. The van der Waals surface area contributed by atoms with Gasteiger partial charge in [-0.05, 0) is 32.4 Å². The summed E-state index contributed by atoms with van der Waals surface area (Å²) in [6.45, 7) is 6.14. The van der Waals surface area contributed by atoms with E-state index in [0.29, 0.717) is 17.8 Å². The lowest BCUT2D eigenvalue weighted by atomic mass is 10.1. The summed E-state index contributed by atoms with van der Waals surface area (Å²) in [4.78, 5) is 14.1. The molecule has 0 saturated carbocycles. The van der Waals surface area contributed by atoms with Gasteiger partial charge in [-0.25, -0.2) is 0 Å². The Labute approximate surface area is 111 Å². The molecule has 1 aromatic heterocycles. The number of nitrogens with one attached hydrogen (secondary N) is 1. The first-order valence-electron chi connectivity index (χ1n) is 6.16. The molecule has 5 nitrogen and oxygen atoms in total. The maximum atomic E-state index is 12.5. The summed E-state index contributed by atoms with van der Waals surface area (Å²) < 4.78 is 0. The highest BCUT2D eigenvalue weighted by Gasteiger charge is 2.20. The van der Waals surface area contributed by atoms with Crippen LogP contribution in [0, 0.1) is 13.8 Å². The van der Waals surface area contributed by atoms with E-state index < -0.39 is 0 Å². The monoisotopic (exact) mass is 259 g/mol. The van der Waals surface area contributed by atoms with Crippen molar-refractivity contribution in [3.8, 4) is 5.75 Å². The molecule has 5 heteroatoms. The SMILES string of the molecule is CCN(C(=O)c1cn[nH]c1C)c1cc(O)ccc1C. The molecule has 0 atom stereocenters. The van der Waals surface area contributed by atoms with Gasteiger partial charge in [0.1, 0.15) is 5.75 Å². The van der Waals surface area contributed by atoms with Crippen molar-refractivity contribution in [3.05, 3.63) is 41.2 Å². The highest BCUT2D eigenvalue weighted by molar-refractivity contribution is 6.07. The highest BCUT2D eigenvalue weighted by atomic mass is 16.3. The molecule has 100 valence electrons. The number of H-pyrrole nitrogens is 1. The van der Waals surface area contributed by atoms with Crippen molar-refractivity contribution in [2.24, 2.45) is 0 Å². The number of phenolic OH excluding ortho intramolecular Hbond substituents is 1. The van der Waals surface area contributed by atoms with Gasteiger partial charge in [-0.15, -0.1) is 0 Å². The van der Waals surface area contributed by atoms with Crippen LogP contribution >= 0.6 is 0 Å².